The topological polar surface area (TPSA) is 76.9 Å². The van der Waals surface area contributed by atoms with Crippen molar-refractivity contribution in [3.05, 3.63) is 40.7 Å². The third kappa shape index (κ3) is 3.84. The maximum absolute atomic E-state index is 13.2. The summed E-state index contributed by atoms with van der Waals surface area (Å²) in [4.78, 5) is -0.268. The normalized spacial score (nSPS) is 18.0. The fourth-order valence-corrected chi connectivity index (χ4v) is 3.92. The van der Waals surface area contributed by atoms with Crippen LogP contribution in [-0.4, -0.2) is 29.4 Å². The van der Waals surface area contributed by atoms with Crippen LogP contribution in [0.2, 0.25) is 5.02 Å². The van der Waals surface area contributed by atoms with Crippen LogP contribution in [0.25, 0.3) is 0 Å². The van der Waals surface area contributed by atoms with Crippen LogP contribution in [0.3, 0.4) is 0 Å². The second kappa shape index (κ2) is 6.78. The molecule has 26 heavy (non-hydrogen) atoms. The molecule has 1 aromatic heterocycles. The number of alkyl halides is 3. The minimum atomic E-state index is -4.34. The number of hydrogen-bond donors (Lipinski definition) is 1. The molecule has 1 aromatic carbocycles. The van der Waals surface area contributed by atoms with Crippen LogP contribution in [0, 0.1) is 11.7 Å². The lowest BCUT2D eigenvalue weighted by Crippen LogP contribution is -2.34. The van der Waals surface area contributed by atoms with E-state index in [9.17, 15) is 26.0 Å². The SMILES string of the molecule is O=S(=O)(NCc1nnc2n1CC(C(F)(F)F)CC2)c1ccc(F)c(Cl)c1. The monoisotopic (exact) mass is 412 g/mol. The first-order chi connectivity index (χ1) is 12.1. The number of sulfonamides is 1. The number of rotatable bonds is 4. The molecule has 6 nitrogen and oxygen atoms in total. The summed E-state index contributed by atoms with van der Waals surface area (Å²) >= 11 is 5.57. The van der Waals surface area contributed by atoms with Crippen molar-refractivity contribution < 1.29 is 26.0 Å². The Kier molecular flexibility index (Phi) is 4.97. The molecule has 0 bridgehead atoms. The summed E-state index contributed by atoms with van der Waals surface area (Å²) in [6, 6.07) is 2.88. The van der Waals surface area contributed by atoms with E-state index in [0.717, 1.165) is 18.2 Å². The van der Waals surface area contributed by atoms with E-state index < -0.39 is 27.9 Å². The molecule has 1 N–H and O–H groups in total. The highest BCUT2D eigenvalue weighted by atomic mass is 35.5. The van der Waals surface area contributed by atoms with E-state index in [0.29, 0.717) is 5.82 Å². The molecule has 3 rings (SSSR count). The molecule has 1 unspecified atom stereocenters. The van der Waals surface area contributed by atoms with Gasteiger partial charge in [0.1, 0.15) is 17.5 Å². The standard InChI is InChI=1S/C14H13ClF4N4O2S/c15-10-5-9(2-3-11(10)16)26(24,25)20-6-13-22-21-12-4-1-8(7-23(12)13)14(17,18)19/h2-3,5,8,20H,1,4,6-7H2. The number of halogens is 5. The molecule has 0 saturated heterocycles. The second-order valence-electron chi connectivity index (χ2n) is 5.82. The largest absolute Gasteiger partial charge is 0.393 e. The van der Waals surface area contributed by atoms with Gasteiger partial charge in [0.15, 0.2) is 0 Å². The molecule has 12 heteroatoms. The zero-order chi connectivity index (χ0) is 19.1. The number of aryl methyl sites for hydroxylation is 1. The fourth-order valence-electron chi connectivity index (χ4n) is 2.67. The van der Waals surface area contributed by atoms with E-state index in [1.807, 2.05) is 0 Å². The molecule has 2 heterocycles. The van der Waals surface area contributed by atoms with Crippen LogP contribution in [0.4, 0.5) is 17.6 Å². The molecule has 0 aliphatic carbocycles. The molecule has 1 atom stereocenters. The van der Waals surface area contributed by atoms with Crippen molar-refractivity contribution in [3.63, 3.8) is 0 Å². The van der Waals surface area contributed by atoms with Crippen molar-refractivity contribution in [2.45, 2.75) is 37.0 Å². The van der Waals surface area contributed by atoms with E-state index in [1.165, 1.54) is 4.57 Å². The smallest absolute Gasteiger partial charge is 0.313 e. The zero-order valence-corrected chi connectivity index (χ0v) is 14.7. The summed E-state index contributed by atoms with van der Waals surface area (Å²) in [7, 11) is -4.05. The van der Waals surface area contributed by atoms with Crippen molar-refractivity contribution >= 4 is 21.6 Å². The quantitative estimate of drug-likeness (QED) is 0.783. The summed E-state index contributed by atoms with van der Waals surface area (Å²) in [5.74, 6) is -1.84. The third-order valence-corrected chi connectivity index (χ3v) is 5.80. The Morgan fingerprint density at radius 1 is 1.31 bits per heavy atom. The van der Waals surface area contributed by atoms with Crippen LogP contribution in [0.5, 0.6) is 0 Å². The lowest BCUT2D eigenvalue weighted by Gasteiger charge is -2.26. The number of benzene rings is 1. The Hall–Kier alpha value is -1.72. The molecule has 142 valence electrons. The van der Waals surface area contributed by atoms with Crippen LogP contribution in [0.1, 0.15) is 18.1 Å². The minimum Gasteiger partial charge on any atom is -0.313 e. The van der Waals surface area contributed by atoms with Gasteiger partial charge in [-0.15, -0.1) is 10.2 Å². The second-order valence-corrected chi connectivity index (χ2v) is 7.99. The molecule has 0 spiro atoms. The van der Waals surface area contributed by atoms with Gasteiger partial charge < -0.3 is 4.57 Å². The maximum atomic E-state index is 13.2. The molecular formula is C14H13ClF4N4O2S. The van der Waals surface area contributed by atoms with Crippen LogP contribution in [0.15, 0.2) is 23.1 Å². The highest BCUT2D eigenvalue weighted by molar-refractivity contribution is 7.89. The van der Waals surface area contributed by atoms with Gasteiger partial charge in [-0.25, -0.2) is 17.5 Å². The van der Waals surface area contributed by atoms with Gasteiger partial charge >= 0.3 is 6.18 Å². The van der Waals surface area contributed by atoms with E-state index >= 15 is 0 Å². The molecule has 0 radical (unpaired) electrons. The Bertz CT molecular complexity index is 930. The summed E-state index contributed by atoms with van der Waals surface area (Å²) in [5.41, 5.74) is 0. The van der Waals surface area contributed by atoms with E-state index in [1.54, 1.807) is 0 Å². The summed E-state index contributed by atoms with van der Waals surface area (Å²) in [6.45, 7) is -0.708. The van der Waals surface area contributed by atoms with Gasteiger partial charge in [-0.1, -0.05) is 11.6 Å². The van der Waals surface area contributed by atoms with Gasteiger partial charge in [-0.3, -0.25) is 0 Å². The number of nitrogens with one attached hydrogen (secondary N) is 1. The van der Waals surface area contributed by atoms with Gasteiger partial charge in [0.2, 0.25) is 10.0 Å². The molecule has 1 aliphatic heterocycles. The predicted octanol–water partition coefficient (Wildman–Crippen LogP) is 2.67. The summed E-state index contributed by atoms with van der Waals surface area (Å²) in [5, 5.41) is 7.23. The highest BCUT2D eigenvalue weighted by Gasteiger charge is 2.42. The zero-order valence-electron chi connectivity index (χ0n) is 13.1. The molecule has 1 aliphatic rings. The van der Waals surface area contributed by atoms with Gasteiger partial charge in [0.05, 0.1) is 22.4 Å². The van der Waals surface area contributed by atoms with Crippen molar-refractivity contribution in [2.24, 2.45) is 5.92 Å². The fraction of sp³-hybridized carbons (Fsp3) is 0.429. The first-order valence-electron chi connectivity index (χ1n) is 7.50. The Labute approximate surface area is 151 Å². The Morgan fingerprint density at radius 2 is 2.04 bits per heavy atom. The molecule has 0 saturated carbocycles. The van der Waals surface area contributed by atoms with Crippen molar-refractivity contribution in [3.8, 4) is 0 Å². The lowest BCUT2D eigenvalue weighted by molar-refractivity contribution is -0.182. The van der Waals surface area contributed by atoms with Crippen LogP contribution in [-0.2, 0) is 29.5 Å². The number of hydrogen-bond acceptors (Lipinski definition) is 4. The summed E-state index contributed by atoms with van der Waals surface area (Å²) in [6.07, 6.45) is -4.32. The summed E-state index contributed by atoms with van der Waals surface area (Å²) < 4.78 is 80.0. The van der Waals surface area contributed by atoms with Crippen molar-refractivity contribution in [1.29, 1.82) is 0 Å². The van der Waals surface area contributed by atoms with E-state index in [4.69, 9.17) is 11.6 Å². The maximum Gasteiger partial charge on any atom is 0.393 e. The van der Waals surface area contributed by atoms with Gasteiger partial charge in [0, 0.05) is 13.0 Å². The minimum absolute atomic E-state index is 0.0748. The average Bonchev–Trinajstić information content (AvgIpc) is 2.97. The van der Waals surface area contributed by atoms with Gasteiger partial charge in [0.25, 0.3) is 0 Å². The molecule has 2 aromatic rings. The van der Waals surface area contributed by atoms with E-state index in [2.05, 4.69) is 14.9 Å². The van der Waals surface area contributed by atoms with Crippen LogP contribution < -0.4 is 4.72 Å². The Morgan fingerprint density at radius 3 is 2.69 bits per heavy atom. The van der Waals surface area contributed by atoms with Crippen molar-refractivity contribution in [1.82, 2.24) is 19.5 Å². The lowest BCUT2D eigenvalue weighted by atomic mass is 9.99. The third-order valence-electron chi connectivity index (χ3n) is 4.11. The van der Waals surface area contributed by atoms with E-state index in [-0.39, 0.29) is 41.7 Å². The number of nitrogens with zero attached hydrogens (tertiary/aromatic N) is 3. The average molecular weight is 413 g/mol. The first kappa shape index (κ1) is 19.1. The molecular weight excluding hydrogens is 400 g/mol. The van der Waals surface area contributed by atoms with Gasteiger partial charge in [-0.2, -0.15) is 13.2 Å². The molecule has 0 fully saturated rings. The van der Waals surface area contributed by atoms with Crippen molar-refractivity contribution in [2.75, 3.05) is 0 Å². The highest BCUT2D eigenvalue weighted by Crippen LogP contribution is 2.34. The molecule has 0 amide bonds. The van der Waals surface area contributed by atoms with Crippen LogP contribution >= 0.6 is 11.6 Å². The van der Waals surface area contributed by atoms with Gasteiger partial charge in [-0.05, 0) is 24.6 Å². The Balaban J connectivity index is 1.77. The first-order valence-corrected chi connectivity index (χ1v) is 9.36. The predicted molar refractivity (Wildman–Crippen MR) is 83.3 cm³/mol. The number of aromatic nitrogens is 3. The number of fused-ring (bicyclic) bond motifs is 1.